The lowest BCUT2D eigenvalue weighted by molar-refractivity contribution is 0.936. The van der Waals surface area contributed by atoms with Crippen LogP contribution in [0.5, 0.6) is 0 Å². The molecule has 1 fully saturated rings. The lowest BCUT2D eigenvalue weighted by Gasteiger charge is -2.16. The number of halogens is 1. The number of aromatic nitrogens is 3. The SMILES string of the molecule is Clc1ncc(-c2ccc3ncc(N4CCCC4)nc3c2)cc1C1=CCCC=C1. The fourth-order valence-corrected chi connectivity index (χ4v) is 4.11. The second-order valence-electron chi connectivity index (χ2n) is 7.33. The van der Waals surface area contributed by atoms with Crippen molar-refractivity contribution in [2.45, 2.75) is 25.7 Å². The van der Waals surface area contributed by atoms with Gasteiger partial charge in [0.25, 0.3) is 0 Å². The monoisotopic (exact) mass is 388 g/mol. The zero-order valence-electron chi connectivity index (χ0n) is 15.6. The molecule has 1 saturated heterocycles. The van der Waals surface area contributed by atoms with Gasteiger partial charge in [-0.3, -0.25) is 4.98 Å². The molecule has 0 bridgehead atoms. The number of hydrogen-bond acceptors (Lipinski definition) is 4. The van der Waals surface area contributed by atoms with E-state index in [-0.39, 0.29) is 0 Å². The Morgan fingerprint density at radius 3 is 2.61 bits per heavy atom. The highest BCUT2D eigenvalue weighted by Crippen LogP contribution is 2.31. The van der Waals surface area contributed by atoms with E-state index < -0.39 is 0 Å². The van der Waals surface area contributed by atoms with Crippen molar-refractivity contribution < 1.29 is 0 Å². The molecule has 1 aromatic carbocycles. The maximum Gasteiger partial charge on any atom is 0.147 e. The van der Waals surface area contributed by atoms with E-state index >= 15 is 0 Å². The third kappa shape index (κ3) is 3.29. The molecule has 2 aromatic heterocycles. The Kier molecular flexibility index (Phi) is 4.57. The zero-order valence-corrected chi connectivity index (χ0v) is 16.4. The van der Waals surface area contributed by atoms with Gasteiger partial charge in [-0.05, 0) is 55.0 Å². The van der Waals surface area contributed by atoms with Crippen molar-refractivity contribution in [3.63, 3.8) is 0 Å². The van der Waals surface area contributed by atoms with Crippen LogP contribution in [0.1, 0.15) is 31.2 Å². The Morgan fingerprint density at radius 1 is 0.893 bits per heavy atom. The van der Waals surface area contributed by atoms with Crippen LogP contribution < -0.4 is 4.90 Å². The summed E-state index contributed by atoms with van der Waals surface area (Å²) >= 11 is 6.39. The molecule has 2 aliphatic rings. The maximum atomic E-state index is 6.39. The standard InChI is InChI=1S/C23H21ClN4/c24-23-19(16-6-2-1-3-7-16)12-18(14-26-23)17-8-9-20-21(13-17)27-22(15-25-20)28-10-4-5-11-28/h2,6-9,12-15H,1,3-5,10-11H2. The molecule has 0 spiro atoms. The molecule has 28 heavy (non-hydrogen) atoms. The summed E-state index contributed by atoms with van der Waals surface area (Å²) in [6.07, 6.45) is 14.8. The molecule has 0 saturated carbocycles. The van der Waals surface area contributed by atoms with Crippen molar-refractivity contribution in [1.82, 2.24) is 15.0 Å². The van der Waals surface area contributed by atoms with Crippen LogP contribution in [-0.2, 0) is 0 Å². The van der Waals surface area contributed by atoms with Crippen molar-refractivity contribution in [2.75, 3.05) is 18.0 Å². The van der Waals surface area contributed by atoms with E-state index in [1.807, 2.05) is 18.5 Å². The molecule has 5 heteroatoms. The van der Waals surface area contributed by atoms with Gasteiger partial charge in [0, 0.05) is 30.4 Å². The highest BCUT2D eigenvalue weighted by molar-refractivity contribution is 6.31. The van der Waals surface area contributed by atoms with Crippen LogP contribution >= 0.6 is 11.6 Å². The molecule has 1 aliphatic carbocycles. The molecule has 5 rings (SSSR count). The topological polar surface area (TPSA) is 41.9 Å². The van der Waals surface area contributed by atoms with Crippen molar-refractivity contribution in [2.24, 2.45) is 0 Å². The average molecular weight is 389 g/mol. The first-order valence-corrected chi connectivity index (χ1v) is 10.2. The van der Waals surface area contributed by atoms with E-state index in [1.165, 1.54) is 12.8 Å². The van der Waals surface area contributed by atoms with Gasteiger partial charge in [0.15, 0.2) is 0 Å². The summed E-state index contributed by atoms with van der Waals surface area (Å²) in [4.78, 5) is 16.2. The Hall–Kier alpha value is -2.72. The average Bonchev–Trinajstić information content (AvgIpc) is 3.29. The fourth-order valence-electron chi connectivity index (χ4n) is 3.90. The number of nitrogens with zero attached hydrogens (tertiary/aromatic N) is 4. The Labute approximate surface area is 169 Å². The zero-order chi connectivity index (χ0) is 18.9. The summed E-state index contributed by atoms with van der Waals surface area (Å²) in [7, 11) is 0. The molecule has 4 nitrogen and oxygen atoms in total. The molecule has 0 N–H and O–H groups in total. The number of anilines is 1. The van der Waals surface area contributed by atoms with Gasteiger partial charge < -0.3 is 4.90 Å². The van der Waals surface area contributed by atoms with Crippen LogP contribution in [0.25, 0.3) is 27.7 Å². The molecule has 0 amide bonds. The van der Waals surface area contributed by atoms with Gasteiger partial charge in [0.1, 0.15) is 11.0 Å². The Morgan fingerprint density at radius 2 is 1.79 bits per heavy atom. The summed E-state index contributed by atoms with van der Waals surface area (Å²) in [5.41, 5.74) is 6.05. The lowest BCUT2D eigenvalue weighted by atomic mass is 9.98. The molecule has 3 heterocycles. The molecule has 0 radical (unpaired) electrons. The summed E-state index contributed by atoms with van der Waals surface area (Å²) in [6, 6.07) is 8.32. The molecular weight excluding hydrogens is 368 g/mol. The quantitative estimate of drug-likeness (QED) is 0.541. The molecular formula is C23H21ClN4. The van der Waals surface area contributed by atoms with Gasteiger partial charge in [-0.1, -0.05) is 35.9 Å². The first-order valence-electron chi connectivity index (χ1n) is 9.83. The minimum atomic E-state index is 0.540. The first-order chi connectivity index (χ1) is 13.8. The van der Waals surface area contributed by atoms with Crippen molar-refractivity contribution >= 4 is 34.0 Å². The lowest BCUT2D eigenvalue weighted by Crippen LogP contribution is -2.19. The van der Waals surface area contributed by atoms with Crippen LogP contribution in [-0.4, -0.2) is 28.0 Å². The van der Waals surface area contributed by atoms with Crippen molar-refractivity contribution in [1.29, 1.82) is 0 Å². The predicted octanol–water partition coefficient (Wildman–Crippen LogP) is 5.68. The highest BCUT2D eigenvalue weighted by Gasteiger charge is 2.15. The van der Waals surface area contributed by atoms with Gasteiger partial charge >= 0.3 is 0 Å². The first kappa shape index (κ1) is 17.4. The normalized spacial score (nSPS) is 16.6. The fraction of sp³-hybridized carbons (Fsp3) is 0.261. The van der Waals surface area contributed by atoms with Gasteiger partial charge in [-0.2, -0.15) is 0 Å². The Balaban J connectivity index is 1.55. The predicted molar refractivity (Wildman–Crippen MR) is 116 cm³/mol. The Bertz CT molecular complexity index is 1100. The molecule has 0 unspecified atom stereocenters. The second kappa shape index (κ2) is 7.36. The number of hydrogen-bond donors (Lipinski definition) is 0. The van der Waals surface area contributed by atoms with Crippen LogP contribution in [0.2, 0.25) is 5.15 Å². The van der Waals surface area contributed by atoms with Gasteiger partial charge in [-0.25, -0.2) is 9.97 Å². The number of pyridine rings is 1. The van der Waals surface area contributed by atoms with Crippen LogP contribution in [0.4, 0.5) is 5.82 Å². The number of rotatable bonds is 3. The third-order valence-corrected chi connectivity index (χ3v) is 5.74. The van der Waals surface area contributed by atoms with Crippen molar-refractivity contribution in [3.05, 3.63) is 65.6 Å². The number of allylic oxidation sites excluding steroid dienone is 4. The number of benzene rings is 1. The molecule has 3 aromatic rings. The third-order valence-electron chi connectivity index (χ3n) is 5.44. The van der Waals surface area contributed by atoms with Crippen LogP contribution in [0, 0.1) is 0 Å². The summed E-state index contributed by atoms with van der Waals surface area (Å²) in [5, 5.41) is 0.540. The van der Waals surface area contributed by atoms with E-state index in [9.17, 15) is 0 Å². The second-order valence-corrected chi connectivity index (χ2v) is 7.69. The van der Waals surface area contributed by atoms with Gasteiger partial charge in [0.2, 0.25) is 0 Å². The van der Waals surface area contributed by atoms with E-state index in [1.54, 1.807) is 0 Å². The van der Waals surface area contributed by atoms with E-state index in [4.69, 9.17) is 16.6 Å². The van der Waals surface area contributed by atoms with E-state index in [2.05, 4.69) is 51.3 Å². The summed E-state index contributed by atoms with van der Waals surface area (Å²) in [5.74, 6) is 0.967. The number of fused-ring (bicyclic) bond motifs is 1. The minimum absolute atomic E-state index is 0.540. The molecule has 0 atom stereocenters. The van der Waals surface area contributed by atoms with E-state index in [0.29, 0.717) is 5.15 Å². The summed E-state index contributed by atoms with van der Waals surface area (Å²) < 4.78 is 0. The summed E-state index contributed by atoms with van der Waals surface area (Å²) in [6.45, 7) is 2.12. The largest absolute Gasteiger partial charge is 0.355 e. The molecule has 1 aliphatic heterocycles. The maximum absolute atomic E-state index is 6.39. The smallest absolute Gasteiger partial charge is 0.147 e. The van der Waals surface area contributed by atoms with Crippen LogP contribution in [0.15, 0.2) is 54.9 Å². The minimum Gasteiger partial charge on any atom is -0.355 e. The van der Waals surface area contributed by atoms with Gasteiger partial charge in [-0.15, -0.1) is 0 Å². The molecule has 140 valence electrons. The van der Waals surface area contributed by atoms with E-state index in [0.717, 1.165) is 65.0 Å². The van der Waals surface area contributed by atoms with Crippen molar-refractivity contribution in [3.8, 4) is 11.1 Å². The van der Waals surface area contributed by atoms with Gasteiger partial charge in [0.05, 0.1) is 17.2 Å². The van der Waals surface area contributed by atoms with Crippen LogP contribution in [0.3, 0.4) is 0 Å². The highest BCUT2D eigenvalue weighted by atomic mass is 35.5.